The number of aryl methyl sites for hydroxylation is 2. The molecule has 1 amide bonds. The van der Waals surface area contributed by atoms with Gasteiger partial charge in [-0.3, -0.25) is 4.79 Å². The van der Waals surface area contributed by atoms with Crippen molar-refractivity contribution >= 4 is 34.6 Å². The molecule has 0 radical (unpaired) electrons. The number of hydrogen-bond donors (Lipinski definition) is 1. The Labute approximate surface area is 156 Å². The number of amides is 1. The quantitative estimate of drug-likeness (QED) is 0.800. The average Bonchev–Trinajstić information content (AvgIpc) is 2.97. The van der Waals surface area contributed by atoms with Crippen LogP contribution in [0.5, 0.6) is 5.75 Å². The average molecular weight is 362 g/mol. The lowest BCUT2D eigenvalue weighted by molar-refractivity contribution is -0.115. The number of benzene rings is 2. The van der Waals surface area contributed by atoms with Crippen molar-refractivity contribution in [2.75, 3.05) is 6.61 Å². The number of nitrogens with one attached hydrogen (secondary N) is 1. The third kappa shape index (κ3) is 3.30. The molecule has 130 valence electrons. The Balaban J connectivity index is 1.60. The molecular weight excluding hydrogens is 344 g/mol. The van der Waals surface area contributed by atoms with Crippen LogP contribution in [-0.2, 0) is 4.79 Å². The van der Waals surface area contributed by atoms with Crippen LogP contribution < -0.4 is 10.1 Å². The van der Waals surface area contributed by atoms with E-state index in [2.05, 4.69) is 16.4 Å². The predicted molar refractivity (Wildman–Crippen MR) is 107 cm³/mol. The molecule has 4 rings (SSSR count). The normalized spacial score (nSPS) is 19.2. The number of carbonyl (C=O) groups is 1. The maximum absolute atomic E-state index is 12.3. The van der Waals surface area contributed by atoms with Crippen molar-refractivity contribution in [1.29, 1.82) is 0 Å². The van der Waals surface area contributed by atoms with Crippen LogP contribution in [0.3, 0.4) is 0 Å². The van der Waals surface area contributed by atoms with Crippen LogP contribution in [-0.4, -0.2) is 17.7 Å². The van der Waals surface area contributed by atoms with Gasteiger partial charge in [0.25, 0.3) is 5.91 Å². The van der Waals surface area contributed by atoms with E-state index in [1.54, 1.807) is 0 Å². The van der Waals surface area contributed by atoms with Gasteiger partial charge in [-0.1, -0.05) is 36.4 Å². The molecule has 1 fully saturated rings. The topological polar surface area (TPSA) is 50.7 Å². The zero-order valence-electron chi connectivity index (χ0n) is 14.6. The summed E-state index contributed by atoms with van der Waals surface area (Å²) in [5.74, 6) is 0.746. The Hall–Kier alpha value is -2.79. The molecule has 0 aromatic heterocycles. The summed E-state index contributed by atoms with van der Waals surface area (Å²) in [7, 11) is 0. The highest BCUT2D eigenvalue weighted by molar-refractivity contribution is 8.18. The largest absolute Gasteiger partial charge is 0.488 e. The summed E-state index contributed by atoms with van der Waals surface area (Å²) in [5, 5.41) is 3.46. The highest BCUT2D eigenvalue weighted by Crippen LogP contribution is 2.32. The molecule has 4 nitrogen and oxygen atoms in total. The second-order valence-corrected chi connectivity index (χ2v) is 7.30. The maximum Gasteiger partial charge on any atom is 0.264 e. The fraction of sp³-hybridized carbons (Fsp3) is 0.143. The smallest absolute Gasteiger partial charge is 0.264 e. The summed E-state index contributed by atoms with van der Waals surface area (Å²) in [6.07, 6.45) is 3.93. The summed E-state index contributed by atoms with van der Waals surface area (Å²) in [6.45, 7) is 4.50. The summed E-state index contributed by atoms with van der Waals surface area (Å²) in [5.41, 5.74) is 5.08. The number of aliphatic imine (C=N–C) groups is 1. The summed E-state index contributed by atoms with van der Waals surface area (Å²) in [6, 6.07) is 13.9. The number of rotatable bonds is 2. The monoisotopic (exact) mass is 362 g/mol. The van der Waals surface area contributed by atoms with Crippen molar-refractivity contribution in [3.8, 4) is 5.75 Å². The molecule has 2 aromatic carbocycles. The highest BCUT2D eigenvalue weighted by atomic mass is 32.2. The second-order valence-electron chi connectivity index (χ2n) is 6.27. The minimum atomic E-state index is -0.125. The minimum absolute atomic E-state index is 0.125. The van der Waals surface area contributed by atoms with Gasteiger partial charge in [-0.2, -0.15) is 0 Å². The molecule has 0 unspecified atom stereocenters. The Morgan fingerprint density at radius 1 is 1.12 bits per heavy atom. The van der Waals surface area contributed by atoms with Crippen molar-refractivity contribution < 1.29 is 9.53 Å². The molecule has 0 bridgehead atoms. The lowest BCUT2D eigenvalue weighted by Crippen LogP contribution is -2.19. The van der Waals surface area contributed by atoms with E-state index in [4.69, 9.17) is 4.74 Å². The van der Waals surface area contributed by atoms with Gasteiger partial charge in [0.05, 0.1) is 10.6 Å². The zero-order valence-corrected chi connectivity index (χ0v) is 15.4. The second kappa shape index (κ2) is 6.84. The van der Waals surface area contributed by atoms with E-state index in [0.717, 1.165) is 33.7 Å². The van der Waals surface area contributed by atoms with Gasteiger partial charge in [0.2, 0.25) is 0 Å². The number of hydrogen-bond acceptors (Lipinski definition) is 4. The van der Waals surface area contributed by atoms with E-state index in [-0.39, 0.29) is 5.91 Å². The Morgan fingerprint density at radius 3 is 2.69 bits per heavy atom. The molecule has 26 heavy (non-hydrogen) atoms. The molecule has 0 saturated carbocycles. The maximum atomic E-state index is 12.3. The molecule has 2 aliphatic rings. The predicted octanol–water partition coefficient (Wildman–Crippen LogP) is 4.51. The summed E-state index contributed by atoms with van der Waals surface area (Å²) >= 11 is 1.36. The van der Waals surface area contributed by atoms with Gasteiger partial charge in [-0.05, 0) is 60.5 Å². The van der Waals surface area contributed by atoms with E-state index >= 15 is 0 Å². The number of ether oxygens (including phenoxy) is 1. The molecule has 0 aliphatic carbocycles. The van der Waals surface area contributed by atoms with E-state index in [1.807, 2.05) is 62.4 Å². The first kappa shape index (κ1) is 16.7. The Bertz CT molecular complexity index is 969. The molecule has 2 aromatic rings. The number of carbonyl (C=O) groups excluding carboxylic acids is 1. The molecule has 1 N–H and O–H groups in total. The van der Waals surface area contributed by atoms with E-state index in [9.17, 15) is 4.79 Å². The molecule has 5 heteroatoms. The number of fused-ring (bicyclic) bond motifs is 1. The molecule has 0 spiro atoms. The lowest BCUT2D eigenvalue weighted by Gasteiger charge is -2.15. The van der Waals surface area contributed by atoms with Crippen LogP contribution in [0.4, 0.5) is 5.69 Å². The molecule has 1 saturated heterocycles. The SMILES string of the molecule is Cc1cccc(C)c1N=C1NC(=O)C(=CC2=Cc3ccccc3OC2)S1. The summed E-state index contributed by atoms with van der Waals surface area (Å²) in [4.78, 5) is 17.6. The first-order valence-electron chi connectivity index (χ1n) is 8.38. The molecule has 2 aliphatic heterocycles. The third-order valence-corrected chi connectivity index (χ3v) is 5.18. The number of para-hydroxylation sites is 2. The van der Waals surface area contributed by atoms with Crippen molar-refractivity contribution in [2.24, 2.45) is 4.99 Å². The van der Waals surface area contributed by atoms with E-state index in [0.29, 0.717) is 16.7 Å². The van der Waals surface area contributed by atoms with Gasteiger partial charge >= 0.3 is 0 Å². The molecule has 0 atom stereocenters. The highest BCUT2D eigenvalue weighted by Gasteiger charge is 2.25. The minimum Gasteiger partial charge on any atom is -0.488 e. The van der Waals surface area contributed by atoms with E-state index in [1.165, 1.54) is 11.8 Å². The van der Waals surface area contributed by atoms with Crippen LogP contribution >= 0.6 is 11.8 Å². The number of thioether (sulfide) groups is 1. The Kier molecular flexibility index (Phi) is 4.39. The molecule has 2 heterocycles. The van der Waals surface area contributed by atoms with Crippen LogP contribution in [0, 0.1) is 13.8 Å². The van der Waals surface area contributed by atoms with Crippen LogP contribution in [0.25, 0.3) is 6.08 Å². The van der Waals surface area contributed by atoms with Crippen LogP contribution in [0.1, 0.15) is 16.7 Å². The van der Waals surface area contributed by atoms with Gasteiger partial charge in [-0.25, -0.2) is 4.99 Å². The van der Waals surface area contributed by atoms with Crippen molar-refractivity contribution in [2.45, 2.75) is 13.8 Å². The van der Waals surface area contributed by atoms with Crippen LogP contribution in [0.2, 0.25) is 0 Å². The zero-order chi connectivity index (χ0) is 18.1. The number of amidine groups is 1. The van der Waals surface area contributed by atoms with Gasteiger partial charge in [0.1, 0.15) is 12.4 Å². The summed E-state index contributed by atoms with van der Waals surface area (Å²) < 4.78 is 5.75. The first-order valence-corrected chi connectivity index (χ1v) is 9.20. The van der Waals surface area contributed by atoms with Crippen LogP contribution in [0.15, 0.2) is 64.0 Å². The third-order valence-electron chi connectivity index (χ3n) is 4.27. The number of nitrogens with zero attached hydrogens (tertiary/aromatic N) is 1. The fourth-order valence-electron chi connectivity index (χ4n) is 2.95. The van der Waals surface area contributed by atoms with Crippen molar-refractivity contribution in [3.05, 3.63) is 75.7 Å². The first-order chi connectivity index (χ1) is 12.6. The Morgan fingerprint density at radius 2 is 1.88 bits per heavy atom. The molecular formula is C21H18N2O2S. The standard InChI is InChI=1S/C21H18N2O2S/c1-13-6-5-7-14(2)19(13)22-21-23-20(24)18(26-21)11-15-10-16-8-3-4-9-17(16)25-12-15/h3-11H,12H2,1-2H3,(H,22,23,24). The van der Waals surface area contributed by atoms with Crippen molar-refractivity contribution in [3.63, 3.8) is 0 Å². The van der Waals surface area contributed by atoms with Gasteiger partial charge in [-0.15, -0.1) is 0 Å². The van der Waals surface area contributed by atoms with Gasteiger partial charge < -0.3 is 10.1 Å². The van der Waals surface area contributed by atoms with Gasteiger partial charge in [0.15, 0.2) is 5.17 Å². The van der Waals surface area contributed by atoms with Crippen molar-refractivity contribution in [1.82, 2.24) is 5.32 Å². The fourth-order valence-corrected chi connectivity index (χ4v) is 3.79. The van der Waals surface area contributed by atoms with E-state index < -0.39 is 0 Å². The van der Waals surface area contributed by atoms with Gasteiger partial charge in [0, 0.05) is 5.56 Å². The lowest BCUT2D eigenvalue weighted by atomic mass is 10.1.